The Morgan fingerprint density at radius 2 is 1.89 bits per heavy atom. The lowest BCUT2D eigenvalue weighted by Gasteiger charge is -2.27. The number of aromatic nitrogens is 3. The van der Waals surface area contributed by atoms with Crippen LogP contribution in [0.3, 0.4) is 0 Å². The van der Waals surface area contributed by atoms with Gasteiger partial charge in [-0.3, -0.25) is 0 Å². The number of rotatable bonds is 3. The summed E-state index contributed by atoms with van der Waals surface area (Å²) in [6.45, 7) is 2.63. The molecular weight excluding hydrogens is 359 g/mol. The third kappa shape index (κ3) is 2.89. The predicted molar refractivity (Wildman–Crippen MR) is 105 cm³/mol. The maximum Gasteiger partial charge on any atom is 0.488 e. The summed E-state index contributed by atoms with van der Waals surface area (Å²) >= 11 is 0. The molecular formula is C19H17BN4O4. The molecule has 0 bridgehead atoms. The normalized spacial score (nSPS) is 14.7. The fraction of sp³-hybridized carbons (Fsp3) is 0.211. The zero-order chi connectivity index (χ0) is 19.1. The second-order valence-electron chi connectivity index (χ2n) is 6.61. The van der Waals surface area contributed by atoms with Crippen molar-refractivity contribution in [1.82, 2.24) is 15.0 Å². The summed E-state index contributed by atoms with van der Waals surface area (Å²) in [6, 6.07) is 10.7. The van der Waals surface area contributed by atoms with Crippen molar-refractivity contribution in [1.29, 1.82) is 0 Å². The average Bonchev–Trinajstić information content (AvgIpc) is 3.12. The Balaban J connectivity index is 1.75. The van der Waals surface area contributed by atoms with E-state index < -0.39 is 7.12 Å². The van der Waals surface area contributed by atoms with Crippen LogP contribution in [0.4, 0.5) is 5.82 Å². The van der Waals surface area contributed by atoms with Crippen molar-refractivity contribution in [3.05, 3.63) is 42.6 Å². The van der Waals surface area contributed by atoms with Crippen molar-refractivity contribution in [2.45, 2.75) is 0 Å². The van der Waals surface area contributed by atoms with Crippen molar-refractivity contribution in [2.75, 3.05) is 31.2 Å². The molecule has 0 unspecified atom stereocenters. The molecule has 1 aliphatic heterocycles. The second-order valence-corrected chi connectivity index (χ2v) is 6.61. The van der Waals surface area contributed by atoms with Gasteiger partial charge in [0.25, 0.3) is 0 Å². The largest absolute Gasteiger partial charge is 0.488 e. The molecule has 0 saturated carbocycles. The lowest BCUT2D eigenvalue weighted by molar-refractivity contribution is 0.122. The zero-order valence-corrected chi connectivity index (χ0v) is 14.9. The number of furan rings is 1. The van der Waals surface area contributed by atoms with Crippen LogP contribution in [0.25, 0.3) is 33.6 Å². The van der Waals surface area contributed by atoms with Crippen LogP contribution in [-0.4, -0.2) is 58.4 Å². The lowest BCUT2D eigenvalue weighted by Crippen LogP contribution is -2.37. The Morgan fingerprint density at radius 1 is 1.04 bits per heavy atom. The average molecular weight is 376 g/mol. The maximum absolute atomic E-state index is 9.50. The molecule has 28 heavy (non-hydrogen) atoms. The lowest BCUT2D eigenvalue weighted by atomic mass is 9.79. The summed E-state index contributed by atoms with van der Waals surface area (Å²) < 4.78 is 11.5. The van der Waals surface area contributed by atoms with Gasteiger partial charge in [-0.05, 0) is 17.6 Å². The molecule has 8 nitrogen and oxygen atoms in total. The molecule has 0 amide bonds. The Hall–Kier alpha value is -3.01. The molecule has 0 radical (unpaired) electrons. The van der Waals surface area contributed by atoms with Crippen molar-refractivity contribution >= 4 is 40.6 Å². The van der Waals surface area contributed by atoms with Crippen molar-refractivity contribution in [3.8, 4) is 11.4 Å². The zero-order valence-electron chi connectivity index (χ0n) is 14.9. The molecule has 1 fully saturated rings. The number of pyridine rings is 1. The number of anilines is 1. The van der Waals surface area contributed by atoms with Crippen molar-refractivity contribution in [2.24, 2.45) is 0 Å². The van der Waals surface area contributed by atoms with Crippen LogP contribution in [0, 0.1) is 0 Å². The predicted octanol–water partition coefficient (Wildman–Crippen LogP) is 0.954. The van der Waals surface area contributed by atoms with Crippen molar-refractivity contribution in [3.63, 3.8) is 0 Å². The number of fused-ring (bicyclic) bond motifs is 3. The van der Waals surface area contributed by atoms with E-state index in [4.69, 9.17) is 19.1 Å². The van der Waals surface area contributed by atoms with Crippen LogP contribution < -0.4 is 10.4 Å². The van der Waals surface area contributed by atoms with E-state index in [-0.39, 0.29) is 0 Å². The molecule has 140 valence electrons. The number of hydrogen-bond acceptors (Lipinski definition) is 8. The molecule has 1 saturated heterocycles. The van der Waals surface area contributed by atoms with E-state index in [1.807, 2.05) is 18.2 Å². The number of benzene rings is 1. The summed E-state index contributed by atoms with van der Waals surface area (Å²) in [5, 5.41) is 19.8. The Kier molecular flexibility index (Phi) is 4.20. The van der Waals surface area contributed by atoms with E-state index in [9.17, 15) is 10.0 Å². The van der Waals surface area contributed by atoms with Crippen LogP contribution in [0.1, 0.15) is 0 Å². The van der Waals surface area contributed by atoms with Gasteiger partial charge >= 0.3 is 7.12 Å². The van der Waals surface area contributed by atoms with Gasteiger partial charge in [-0.25, -0.2) is 15.0 Å². The summed E-state index contributed by atoms with van der Waals surface area (Å²) in [5.74, 6) is 1.18. The molecule has 0 atom stereocenters. The Bertz CT molecular complexity index is 1160. The Morgan fingerprint density at radius 3 is 2.71 bits per heavy atom. The van der Waals surface area contributed by atoms with E-state index in [0.717, 1.165) is 5.39 Å². The van der Waals surface area contributed by atoms with E-state index in [0.29, 0.717) is 65.8 Å². The SMILES string of the molecule is OB(O)c1cccc(-c2nc(N3CCOCC3)c3oc4ncccc4c3n2)c1. The molecule has 5 rings (SSSR count). The summed E-state index contributed by atoms with van der Waals surface area (Å²) in [7, 11) is -1.55. The van der Waals surface area contributed by atoms with Gasteiger partial charge in [-0.1, -0.05) is 24.3 Å². The summed E-state index contributed by atoms with van der Waals surface area (Å²) in [5.41, 5.74) is 2.87. The molecule has 1 aromatic carbocycles. The highest BCUT2D eigenvalue weighted by Crippen LogP contribution is 2.34. The van der Waals surface area contributed by atoms with Gasteiger partial charge < -0.3 is 24.1 Å². The van der Waals surface area contributed by atoms with E-state index in [2.05, 4.69) is 9.88 Å². The van der Waals surface area contributed by atoms with Gasteiger partial charge in [0, 0.05) is 24.8 Å². The first-order valence-electron chi connectivity index (χ1n) is 9.05. The smallest absolute Gasteiger partial charge is 0.432 e. The second kappa shape index (κ2) is 6.86. The third-order valence-corrected chi connectivity index (χ3v) is 4.83. The number of ether oxygens (including phenoxy) is 1. The van der Waals surface area contributed by atoms with E-state index in [1.54, 1.807) is 24.4 Å². The van der Waals surface area contributed by atoms with Gasteiger partial charge in [0.15, 0.2) is 17.2 Å². The molecule has 1 aliphatic rings. The molecule has 4 heterocycles. The fourth-order valence-electron chi connectivity index (χ4n) is 3.42. The van der Waals surface area contributed by atoms with Gasteiger partial charge in [0.2, 0.25) is 5.71 Å². The first-order valence-corrected chi connectivity index (χ1v) is 9.05. The molecule has 9 heteroatoms. The Labute approximate surface area is 160 Å². The molecule has 4 aromatic rings. The maximum atomic E-state index is 9.50. The highest BCUT2D eigenvalue weighted by molar-refractivity contribution is 6.58. The highest BCUT2D eigenvalue weighted by Gasteiger charge is 2.23. The van der Waals surface area contributed by atoms with Crippen molar-refractivity contribution < 1.29 is 19.2 Å². The first-order chi connectivity index (χ1) is 13.7. The number of morpholine rings is 1. The van der Waals surface area contributed by atoms with Gasteiger partial charge in [0.1, 0.15) is 5.52 Å². The van der Waals surface area contributed by atoms with Crippen LogP contribution in [-0.2, 0) is 4.74 Å². The minimum Gasteiger partial charge on any atom is -0.432 e. The number of hydrogen-bond donors (Lipinski definition) is 2. The molecule has 0 aliphatic carbocycles. The fourth-order valence-corrected chi connectivity index (χ4v) is 3.42. The molecule has 2 N–H and O–H groups in total. The van der Waals surface area contributed by atoms with Crippen LogP contribution in [0.5, 0.6) is 0 Å². The van der Waals surface area contributed by atoms with Gasteiger partial charge in [-0.15, -0.1) is 0 Å². The summed E-state index contributed by atoms with van der Waals surface area (Å²) in [4.78, 5) is 15.9. The molecule has 0 spiro atoms. The van der Waals surface area contributed by atoms with Crippen LogP contribution in [0.2, 0.25) is 0 Å². The van der Waals surface area contributed by atoms with Crippen LogP contribution >= 0.6 is 0 Å². The van der Waals surface area contributed by atoms with E-state index >= 15 is 0 Å². The minimum atomic E-state index is -1.55. The van der Waals surface area contributed by atoms with Gasteiger partial charge in [0.05, 0.1) is 18.6 Å². The van der Waals surface area contributed by atoms with Gasteiger partial charge in [-0.2, -0.15) is 0 Å². The monoisotopic (exact) mass is 376 g/mol. The number of nitrogens with zero attached hydrogens (tertiary/aromatic N) is 4. The minimum absolute atomic E-state index is 0.382. The van der Waals surface area contributed by atoms with Crippen LogP contribution in [0.15, 0.2) is 47.0 Å². The topological polar surface area (TPSA) is 105 Å². The quantitative estimate of drug-likeness (QED) is 0.510. The van der Waals surface area contributed by atoms with E-state index in [1.165, 1.54) is 0 Å². The highest BCUT2D eigenvalue weighted by atomic mass is 16.5. The standard InChI is InChI=1S/C19H17BN4O4/c25-20(26)13-4-1-3-12(11-13)17-22-15-14-5-2-6-21-19(14)28-16(15)18(23-17)24-7-9-27-10-8-24/h1-6,11,25-26H,7-10H2. The summed E-state index contributed by atoms with van der Waals surface area (Å²) in [6.07, 6.45) is 1.68. The first kappa shape index (κ1) is 17.1. The molecule has 3 aromatic heterocycles. The third-order valence-electron chi connectivity index (χ3n) is 4.83.